The third-order valence-electron chi connectivity index (χ3n) is 4.20. The highest BCUT2D eigenvalue weighted by atomic mass is 32.2. The van der Waals surface area contributed by atoms with E-state index in [0.29, 0.717) is 22.7 Å². The van der Waals surface area contributed by atoms with Crippen molar-refractivity contribution in [2.75, 3.05) is 17.7 Å². The molecule has 0 fully saturated rings. The van der Waals surface area contributed by atoms with Gasteiger partial charge >= 0.3 is 0 Å². The van der Waals surface area contributed by atoms with Gasteiger partial charge in [0.25, 0.3) is 5.91 Å². The number of hydrogen-bond donors (Lipinski definition) is 2. The topological polar surface area (TPSA) is 67.4 Å². The monoisotopic (exact) mass is 406 g/mol. The molecule has 0 radical (unpaired) electrons. The number of nitrogens with one attached hydrogen (secondary N) is 2. The van der Waals surface area contributed by atoms with Gasteiger partial charge in [0.1, 0.15) is 5.75 Å². The highest BCUT2D eigenvalue weighted by Crippen LogP contribution is 2.25. The van der Waals surface area contributed by atoms with Gasteiger partial charge in [-0.3, -0.25) is 9.59 Å². The minimum Gasteiger partial charge on any atom is -0.495 e. The summed E-state index contributed by atoms with van der Waals surface area (Å²) in [6, 6.07) is 23.8. The first-order chi connectivity index (χ1) is 14.1. The number of ether oxygens (including phenoxy) is 1. The minimum absolute atomic E-state index is 0.0925. The van der Waals surface area contributed by atoms with Crippen LogP contribution in [-0.4, -0.2) is 24.2 Å². The molecule has 6 heteroatoms. The van der Waals surface area contributed by atoms with E-state index in [1.54, 1.807) is 43.5 Å². The molecular weight excluding hydrogens is 384 g/mol. The van der Waals surface area contributed by atoms with Gasteiger partial charge < -0.3 is 15.4 Å². The van der Waals surface area contributed by atoms with Crippen LogP contribution in [0.15, 0.2) is 83.8 Å². The Hall–Kier alpha value is -3.25. The van der Waals surface area contributed by atoms with E-state index in [2.05, 4.69) is 10.6 Å². The molecule has 0 unspecified atom stereocenters. The Morgan fingerprint density at radius 1 is 0.862 bits per heavy atom. The molecule has 1 atom stereocenters. The lowest BCUT2D eigenvalue weighted by Gasteiger charge is -2.13. The SMILES string of the molecule is COc1ccccc1NC(=O)c1ccc(NC(=O)[C@@H](C)Sc2ccccc2)cc1. The lowest BCUT2D eigenvalue weighted by atomic mass is 10.2. The third-order valence-corrected chi connectivity index (χ3v) is 5.31. The van der Waals surface area contributed by atoms with Gasteiger partial charge in [0.2, 0.25) is 5.91 Å². The zero-order valence-electron chi connectivity index (χ0n) is 16.2. The quantitative estimate of drug-likeness (QED) is 0.538. The Labute approximate surface area is 174 Å². The fourth-order valence-corrected chi connectivity index (χ4v) is 3.54. The zero-order valence-corrected chi connectivity index (χ0v) is 17.0. The molecule has 0 aromatic heterocycles. The molecule has 3 aromatic rings. The Kier molecular flexibility index (Phi) is 6.92. The molecule has 0 aliphatic rings. The van der Waals surface area contributed by atoms with Crippen LogP contribution >= 0.6 is 11.8 Å². The summed E-state index contributed by atoms with van der Waals surface area (Å²) in [5.74, 6) is 0.250. The van der Waals surface area contributed by atoms with Crippen molar-refractivity contribution in [1.29, 1.82) is 0 Å². The second-order valence-corrected chi connectivity index (χ2v) is 7.71. The van der Waals surface area contributed by atoms with Crippen LogP contribution in [-0.2, 0) is 4.79 Å². The number of carbonyl (C=O) groups excluding carboxylic acids is 2. The third kappa shape index (κ3) is 5.62. The van der Waals surface area contributed by atoms with E-state index in [1.807, 2.05) is 49.4 Å². The van der Waals surface area contributed by atoms with Gasteiger partial charge in [-0.05, 0) is 55.5 Å². The van der Waals surface area contributed by atoms with E-state index in [-0.39, 0.29) is 17.1 Å². The fraction of sp³-hybridized carbons (Fsp3) is 0.130. The first-order valence-electron chi connectivity index (χ1n) is 9.14. The van der Waals surface area contributed by atoms with Crippen molar-refractivity contribution in [2.24, 2.45) is 0 Å². The molecule has 5 nitrogen and oxygen atoms in total. The molecule has 2 N–H and O–H groups in total. The highest BCUT2D eigenvalue weighted by molar-refractivity contribution is 8.00. The van der Waals surface area contributed by atoms with E-state index in [0.717, 1.165) is 4.90 Å². The standard InChI is InChI=1S/C23H22N2O3S/c1-16(29-19-8-4-3-5-9-19)22(26)24-18-14-12-17(13-15-18)23(27)25-20-10-6-7-11-21(20)28-2/h3-16H,1-2H3,(H,24,26)(H,25,27)/t16-/m1/s1. The van der Waals surface area contributed by atoms with E-state index >= 15 is 0 Å². The summed E-state index contributed by atoms with van der Waals surface area (Å²) < 4.78 is 5.25. The highest BCUT2D eigenvalue weighted by Gasteiger charge is 2.15. The Morgan fingerprint density at radius 2 is 1.52 bits per heavy atom. The summed E-state index contributed by atoms with van der Waals surface area (Å²) in [6.45, 7) is 1.86. The van der Waals surface area contributed by atoms with E-state index < -0.39 is 0 Å². The normalized spacial score (nSPS) is 11.4. The predicted molar refractivity (Wildman–Crippen MR) is 118 cm³/mol. The summed E-state index contributed by atoms with van der Waals surface area (Å²) in [6.07, 6.45) is 0. The van der Waals surface area contributed by atoms with Crippen molar-refractivity contribution in [1.82, 2.24) is 0 Å². The van der Waals surface area contributed by atoms with Gasteiger partial charge in [-0.15, -0.1) is 11.8 Å². The average Bonchev–Trinajstić information content (AvgIpc) is 2.75. The fourth-order valence-electron chi connectivity index (χ4n) is 2.65. The second kappa shape index (κ2) is 9.80. The van der Waals surface area contributed by atoms with Crippen LogP contribution in [0.3, 0.4) is 0 Å². The number of hydrogen-bond acceptors (Lipinski definition) is 4. The van der Waals surface area contributed by atoms with Gasteiger partial charge in [-0.25, -0.2) is 0 Å². The Balaban J connectivity index is 1.59. The molecule has 3 rings (SSSR count). The number of anilines is 2. The smallest absolute Gasteiger partial charge is 0.255 e. The van der Waals surface area contributed by atoms with Crippen molar-refractivity contribution in [3.05, 3.63) is 84.4 Å². The molecule has 0 aliphatic carbocycles. The van der Waals surface area contributed by atoms with Gasteiger partial charge in [0, 0.05) is 16.1 Å². The maximum Gasteiger partial charge on any atom is 0.255 e. The van der Waals surface area contributed by atoms with E-state index in [9.17, 15) is 9.59 Å². The van der Waals surface area contributed by atoms with Crippen molar-refractivity contribution in [3.63, 3.8) is 0 Å². The van der Waals surface area contributed by atoms with Gasteiger partial charge in [-0.2, -0.15) is 0 Å². The number of rotatable bonds is 7. The summed E-state index contributed by atoms with van der Waals surface area (Å²) >= 11 is 1.50. The van der Waals surface area contributed by atoms with Crippen LogP contribution in [0.1, 0.15) is 17.3 Å². The van der Waals surface area contributed by atoms with Crippen LogP contribution in [0.4, 0.5) is 11.4 Å². The largest absolute Gasteiger partial charge is 0.495 e. The number of carbonyl (C=O) groups is 2. The molecule has 0 heterocycles. The van der Waals surface area contributed by atoms with Crippen LogP contribution in [0.5, 0.6) is 5.75 Å². The van der Waals surface area contributed by atoms with Gasteiger partial charge in [-0.1, -0.05) is 30.3 Å². The van der Waals surface area contributed by atoms with E-state index in [4.69, 9.17) is 4.74 Å². The lowest BCUT2D eigenvalue weighted by molar-refractivity contribution is -0.115. The maximum absolute atomic E-state index is 12.5. The molecule has 0 saturated carbocycles. The van der Waals surface area contributed by atoms with E-state index in [1.165, 1.54) is 11.8 Å². The average molecular weight is 407 g/mol. The molecule has 148 valence electrons. The van der Waals surface area contributed by atoms with Crippen molar-refractivity contribution in [3.8, 4) is 5.75 Å². The first-order valence-corrected chi connectivity index (χ1v) is 10.0. The van der Waals surface area contributed by atoms with Crippen LogP contribution in [0.25, 0.3) is 0 Å². The molecule has 0 bridgehead atoms. The van der Waals surface area contributed by atoms with Crippen LogP contribution in [0, 0.1) is 0 Å². The lowest BCUT2D eigenvalue weighted by Crippen LogP contribution is -2.22. The first kappa shape index (κ1) is 20.5. The summed E-state index contributed by atoms with van der Waals surface area (Å²) in [5, 5.41) is 5.47. The minimum atomic E-state index is -0.250. The van der Waals surface area contributed by atoms with Crippen molar-refractivity contribution < 1.29 is 14.3 Å². The summed E-state index contributed by atoms with van der Waals surface area (Å²) in [5.41, 5.74) is 1.73. The van der Waals surface area contributed by atoms with Crippen LogP contribution < -0.4 is 15.4 Å². The molecule has 0 aliphatic heterocycles. The molecule has 3 aromatic carbocycles. The molecule has 0 spiro atoms. The number of para-hydroxylation sites is 2. The molecule has 29 heavy (non-hydrogen) atoms. The summed E-state index contributed by atoms with van der Waals surface area (Å²) in [4.78, 5) is 25.9. The Morgan fingerprint density at radius 3 is 2.21 bits per heavy atom. The van der Waals surface area contributed by atoms with Crippen molar-refractivity contribution >= 4 is 35.0 Å². The molecule has 2 amide bonds. The molecular formula is C23H22N2O3S. The Bertz CT molecular complexity index is 975. The van der Waals surface area contributed by atoms with Gasteiger partial charge in [0.15, 0.2) is 0 Å². The number of amides is 2. The molecule has 0 saturated heterocycles. The number of methoxy groups -OCH3 is 1. The second-order valence-electron chi connectivity index (χ2n) is 6.29. The zero-order chi connectivity index (χ0) is 20.6. The van der Waals surface area contributed by atoms with Crippen molar-refractivity contribution in [2.45, 2.75) is 17.1 Å². The predicted octanol–water partition coefficient (Wildman–Crippen LogP) is 5.07. The number of benzene rings is 3. The number of thioether (sulfide) groups is 1. The van der Waals surface area contributed by atoms with Crippen LogP contribution in [0.2, 0.25) is 0 Å². The van der Waals surface area contributed by atoms with Gasteiger partial charge in [0.05, 0.1) is 18.0 Å². The maximum atomic E-state index is 12.5. The summed E-state index contributed by atoms with van der Waals surface area (Å²) in [7, 11) is 1.56.